The SMILES string of the molecule is O=C(Nc1ccc(F)cc1)c1cc(-n2cnnn2)ccc1Cl. The lowest BCUT2D eigenvalue weighted by Crippen LogP contribution is -2.13. The molecule has 0 fully saturated rings. The monoisotopic (exact) mass is 317 g/mol. The van der Waals surface area contributed by atoms with Crippen LogP contribution in [0, 0.1) is 5.82 Å². The fourth-order valence-electron chi connectivity index (χ4n) is 1.84. The first kappa shape index (κ1) is 14.2. The molecule has 0 unspecified atom stereocenters. The van der Waals surface area contributed by atoms with Crippen molar-refractivity contribution in [2.45, 2.75) is 0 Å². The summed E-state index contributed by atoms with van der Waals surface area (Å²) in [5, 5.41) is 13.8. The quantitative estimate of drug-likeness (QED) is 0.806. The standard InChI is InChI=1S/C14H9ClFN5O/c15-13-6-5-11(21-8-17-19-20-21)7-12(13)14(22)18-10-3-1-9(16)2-4-10/h1-8H,(H,18,22). The summed E-state index contributed by atoms with van der Waals surface area (Å²) in [6.45, 7) is 0. The molecule has 3 aromatic rings. The van der Waals surface area contributed by atoms with Crippen LogP contribution in [0.5, 0.6) is 0 Å². The van der Waals surface area contributed by atoms with Gasteiger partial charge >= 0.3 is 0 Å². The highest BCUT2D eigenvalue weighted by Gasteiger charge is 2.13. The molecule has 0 aliphatic carbocycles. The average molecular weight is 318 g/mol. The Morgan fingerprint density at radius 3 is 2.64 bits per heavy atom. The number of aromatic nitrogens is 4. The van der Waals surface area contributed by atoms with Gasteiger partial charge in [0.15, 0.2) is 0 Å². The number of carbonyl (C=O) groups excluding carboxylic acids is 1. The molecule has 1 aromatic heterocycles. The number of halogens is 2. The smallest absolute Gasteiger partial charge is 0.257 e. The number of benzene rings is 2. The average Bonchev–Trinajstić information content (AvgIpc) is 3.04. The second-order valence-corrected chi connectivity index (χ2v) is 4.79. The van der Waals surface area contributed by atoms with Gasteiger partial charge in [-0.2, -0.15) is 0 Å². The molecule has 0 spiro atoms. The first-order chi connectivity index (χ1) is 10.6. The van der Waals surface area contributed by atoms with Crippen molar-refractivity contribution in [2.24, 2.45) is 0 Å². The molecular weight excluding hydrogens is 309 g/mol. The minimum absolute atomic E-state index is 0.263. The Bertz CT molecular complexity index is 805. The Labute approximate surface area is 129 Å². The maximum Gasteiger partial charge on any atom is 0.257 e. The van der Waals surface area contributed by atoms with Crippen molar-refractivity contribution in [1.82, 2.24) is 20.2 Å². The molecule has 2 aromatic carbocycles. The lowest BCUT2D eigenvalue weighted by atomic mass is 10.1. The molecule has 0 aliphatic rings. The summed E-state index contributed by atoms with van der Waals surface area (Å²) in [4.78, 5) is 12.3. The van der Waals surface area contributed by atoms with Crippen molar-refractivity contribution in [1.29, 1.82) is 0 Å². The molecule has 0 atom stereocenters. The number of hydrogen-bond donors (Lipinski definition) is 1. The summed E-state index contributed by atoms with van der Waals surface area (Å²) >= 11 is 6.06. The van der Waals surface area contributed by atoms with Crippen molar-refractivity contribution in [2.75, 3.05) is 5.32 Å². The third kappa shape index (κ3) is 2.94. The van der Waals surface area contributed by atoms with Gasteiger partial charge in [-0.15, -0.1) is 5.10 Å². The number of amides is 1. The summed E-state index contributed by atoms with van der Waals surface area (Å²) in [6, 6.07) is 10.3. The van der Waals surface area contributed by atoms with E-state index in [4.69, 9.17) is 11.6 Å². The van der Waals surface area contributed by atoms with Crippen LogP contribution < -0.4 is 5.32 Å². The van der Waals surface area contributed by atoms with Crippen LogP contribution in [0.4, 0.5) is 10.1 Å². The third-order valence-electron chi connectivity index (χ3n) is 2.91. The van der Waals surface area contributed by atoms with E-state index >= 15 is 0 Å². The van der Waals surface area contributed by atoms with E-state index in [1.807, 2.05) is 0 Å². The van der Waals surface area contributed by atoms with Crippen LogP contribution in [0.2, 0.25) is 5.02 Å². The van der Waals surface area contributed by atoms with E-state index in [1.54, 1.807) is 18.2 Å². The summed E-state index contributed by atoms with van der Waals surface area (Å²) in [5.74, 6) is -0.789. The highest BCUT2D eigenvalue weighted by Crippen LogP contribution is 2.21. The Morgan fingerprint density at radius 1 is 1.18 bits per heavy atom. The number of anilines is 1. The van der Waals surface area contributed by atoms with Gasteiger partial charge in [0, 0.05) is 5.69 Å². The zero-order valence-electron chi connectivity index (χ0n) is 11.1. The van der Waals surface area contributed by atoms with Crippen molar-refractivity contribution >= 4 is 23.2 Å². The van der Waals surface area contributed by atoms with Gasteiger partial charge in [0.05, 0.1) is 16.3 Å². The highest BCUT2D eigenvalue weighted by molar-refractivity contribution is 6.34. The molecule has 6 nitrogen and oxygen atoms in total. The van der Waals surface area contributed by atoms with E-state index < -0.39 is 5.91 Å². The summed E-state index contributed by atoms with van der Waals surface area (Å²) in [5.41, 5.74) is 1.33. The minimum Gasteiger partial charge on any atom is -0.322 e. The number of hydrogen-bond acceptors (Lipinski definition) is 4. The maximum atomic E-state index is 12.9. The van der Waals surface area contributed by atoms with Crippen LogP contribution in [0.25, 0.3) is 5.69 Å². The van der Waals surface area contributed by atoms with Gasteiger partial charge in [0.2, 0.25) is 0 Å². The van der Waals surface area contributed by atoms with E-state index in [-0.39, 0.29) is 16.4 Å². The molecule has 0 saturated carbocycles. The fourth-order valence-corrected chi connectivity index (χ4v) is 2.04. The second-order valence-electron chi connectivity index (χ2n) is 4.38. The van der Waals surface area contributed by atoms with Gasteiger partial charge in [-0.05, 0) is 52.9 Å². The Balaban J connectivity index is 1.88. The number of carbonyl (C=O) groups is 1. The number of rotatable bonds is 3. The lowest BCUT2D eigenvalue weighted by Gasteiger charge is -2.08. The maximum absolute atomic E-state index is 12.9. The molecule has 8 heteroatoms. The van der Waals surface area contributed by atoms with Gasteiger partial charge in [0.1, 0.15) is 12.1 Å². The molecule has 3 rings (SSSR count). The number of nitrogens with zero attached hydrogens (tertiary/aromatic N) is 4. The largest absolute Gasteiger partial charge is 0.322 e. The second kappa shape index (κ2) is 5.90. The van der Waals surface area contributed by atoms with Gasteiger partial charge in [-0.1, -0.05) is 11.6 Å². The van der Waals surface area contributed by atoms with Crippen molar-refractivity contribution in [3.63, 3.8) is 0 Å². The first-order valence-corrected chi connectivity index (χ1v) is 6.61. The van der Waals surface area contributed by atoms with E-state index in [2.05, 4.69) is 20.8 Å². The lowest BCUT2D eigenvalue weighted by molar-refractivity contribution is 0.102. The number of tetrazole rings is 1. The summed E-state index contributed by atoms with van der Waals surface area (Å²) < 4.78 is 14.3. The summed E-state index contributed by atoms with van der Waals surface area (Å²) in [6.07, 6.45) is 1.41. The molecule has 0 bridgehead atoms. The molecule has 110 valence electrons. The van der Waals surface area contributed by atoms with Crippen LogP contribution in [-0.4, -0.2) is 26.1 Å². The Hall–Kier alpha value is -2.80. The van der Waals surface area contributed by atoms with Crippen LogP contribution in [0.15, 0.2) is 48.8 Å². The molecule has 0 saturated heterocycles. The molecule has 0 radical (unpaired) electrons. The molecule has 0 aliphatic heterocycles. The molecular formula is C14H9ClFN5O. The van der Waals surface area contributed by atoms with Gasteiger partial charge in [-0.3, -0.25) is 4.79 Å². The van der Waals surface area contributed by atoms with Crippen LogP contribution in [0.1, 0.15) is 10.4 Å². The zero-order valence-corrected chi connectivity index (χ0v) is 11.8. The third-order valence-corrected chi connectivity index (χ3v) is 3.24. The summed E-state index contributed by atoms with van der Waals surface area (Å²) in [7, 11) is 0. The van der Waals surface area contributed by atoms with Gasteiger partial charge < -0.3 is 5.32 Å². The predicted octanol–water partition coefficient (Wildman–Crippen LogP) is 2.71. The first-order valence-electron chi connectivity index (χ1n) is 6.23. The van der Waals surface area contributed by atoms with Crippen molar-refractivity contribution in [3.05, 3.63) is 65.2 Å². The van der Waals surface area contributed by atoms with Gasteiger partial charge in [0.25, 0.3) is 5.91 Å². The Morgan fingerprint density at radius 2 is 1.95 bits per heavy atom. The van der Waals surface area contributed by atoms with E-state index in [0.29, 0.717) is 11.4 Å². The number of nitrogens with one attached hydrogen (secondary N) is 1. The Kier molecular flexibility index (Phi) is 3.80. The highest BCUT2D eigenvalue weighted by atomic mass is 35.5. The van der Waals surface area contributed by atoms with E-state index in [9.17, 15) is 9.18 Å². The normalized spacial score (nSPS) is 10.5. The van der Waals surface area contributed by atoms with Crippen LogP contribution in [-0.2, 0) is 0 Å². The molecule has 1 heterocycles. The van der Waals surface area contributed by atoms with Crippen molar-refractivity contribution in [3.8, 4) is 5.69 Å². The van der Waals surface area contributed by atoms with Crippen LogP contribution >= 0.6 is 11.6 Å². The molecule has 1 N–H and O–H groups in total. The molecule has 22 heavy (non-hydrogen) atoms. The van der Waals surface area contributed by atoms with Crippen molar-refractivity contribution < 1.29 is 9.18 Å². The fraction of sp³-hybridized carbons (Fsp3) is 0. The zero-order chi connectivity index (χ0) is 15.5. The molecule has 1 amide bonds. The van der Waals surface area contributed by atoms with E-state index in [1.165, 1.54) is 35.3 Å². The van der Waals surface area contributed by atoms with Gasteiger partial charge in [-0.25, -0.2) is 9.07 Å². The van der Waals surface area contributed by atoms with E-state index in [0.717, 1.165) is 0 Å². The minimum atomic E-state index is -0.411. The predicted molar refractivity (Wildman–Crippen MR) is 78.5 cm³/mol. The topological polar surface area (TPSA) is 72.7 Å². The van der Waals surface area contributed by atoms with Crippen LogP contribution in [0.3, 0.4) is 0 Å².